The number of hydrogen-bond donors (Lipinski definition) is 2. The molecule has 94 valence electrons. The number of anilines is 1. The fraction of sp³-hybridized carbons (Fsp3) is 0.167. The highest BCUT2D eigenvalue weighted by molar-refractivity contribution is 7.89. The molecule has 1 rings (SSSR count). The summed E-state index contributed by atoms with van der Waals surface area (Å²) in [5, 5.41) is 15.2. The van der Waals surface area contributed by atoms with Crippen LogP contribution in [-0.2, 0) is 10.0 Å². The van der Waals surface area contributed by atoms with E-state index in [1.807, 2.05) is 0 Å². The van der Waals surface area contributed by atoms with Gasteiger partial charge in [0.05, 0.1) is 4.92 Å². The minimum Gasteiger partial charge on any atom is -0.382 e. The molecule has 0 atom stereocenters. The van der Waals surface area contributed by atoms with Gasteiger partial charge < -0.3 is 5.73 Å². The Bertz CT molecular complexity index is 574. The van der Waals surface area contributed by atoms with E-state index in [0.29, 0.717) is 6.07 Å². The molecule has 17 heavy (non-hydrogen) atoms. The van der Waals surface area contributed by atoms with Gasteiger partial charge in [-0.15, -0.1) is 0 Å². The average Bonchev–Trinajstić information content (AvgIpc) is 2.13. The van der Waals surface area contributed by atoms with Crippen LogP contribution in [-0.4, -0.2) is 18.3 Å². The highest BCUT2D eigenvalue weighted by Crippen LogP contribution is 2.31. The quantitative estimate of drug-likeness (QED) is 0.590. The van der Waals surface area contributed by atoms with Crippen LogP contribution < -0.4 is 10.9 Å². The Kier molecular flexibility index (Phi) is 3.24. The molecule has 0 saturated carbocycles. The van der Waals surface area contributed by atoms with Gasteiger partial charge in [-0.2, -0.15) is 0 Å². The monoisotopic (exact) mass is 268 g/mol. The first-order chi connectivity index (χ1) is 7.64. The summed E-state index contributed by atoms with van der Waals surface area (Å²) in [6.07, 6.45) is -3.12. The number of alkyl halides is 2. The third kappa shape index (κ3) is 2.62. The van der Waals surface area contributed by atoms with Gasteiger partial charge in [-0.1, -0.05) is 0 Å². The molecule has 4 N–H and O–H groups in total. The number of nitrogens with zero attached hydrogens (tertiary/aromatic N) is 2. The lowest BCUT2D eigenvalue weighted by Crippen LogP contribution is -2.18. The summed E-state index contributed by atoms with van der Waals surface area (Å²) in [5.74, 6) is -0.933. The highest BCUT2D eigenvalue weighted by Gasteiger charge is 2.29. The van der Waals surface area contributed by atoms with E-state index in [-0.39, 0.29) is 0 Å². The first-order valence-electron chi connectivity index (χ1n) is 3.90. The molecule has 1 aromatic rings. The van der Waals surface area contributed by atoms with Crippen LogP contribution in [0.3, 0.4) is 0 Å². The van der Waals surface area contributed by atoms with Crippen molar-refractivity contribution in [3.63, 3.8) is 0 Å². The third-order valence-electron chi connectivity index (χ3n) is 1.70. The molecule has 0 aliphatic rings. The molecule has 0 aromatic carbocycles. The number of nitrogens with two attached hydrogens (primary N) is 2. The highest BCUT2D eigenvalue weighted by atomic mass is 32.2. The normalized spacial score (nSPS) is 11.8. The molecule has 1 aromatic heterocycles. The van der Waals surface area contributed by atoms with Gasteiger partial charge in [0, 0.05) is 6.07 Å². The van der Waals surface area contributed by atoms with Gasteiger partial charge in [-0.05, 0) is 0 Å². The van der Waals surface area contributed by atoms with Crippen LogP contribution >= 0.6 is 0 Å². The molecule has 0 amide bonds. The van der Waals surface area contributed by atoms with E-state index in [0.717, 1.165) is 0 Å². The maximum atomic E-state index is 12.3. The van der Waals surface area contributed by atoms with Gasteiger partial charge >= 0.3 is 0 Å². The second-order valence-electron chi connectivity index (χ2n) is 2.88. The zero-order chi connectivity index (χ0) is 13.4. The molecular weight excluding hydrogens is 262 g/mol. The predicted octanol–water partition coefficient (Wildman–Crippen LogP) is 0.157. The molecular formula is C6H6F2N4O4S. The van der Waals surface area contributed by atoms with Crippen molar-refractivity contribution in [2.75, 3.05) is 5.73 Å². The first kappa shape index (κ1) is 13.2. The van der Waals surface area contributed by atoms with E-state index in [1.54, 1.807) is 0 Å². The molecule has 0 aliphatic carbocycles. The van der Waals surface area contributed by atoms with Crippen LogP contribution in [0.5, 0.6) is 0 Å². The molecule has 8 nitrogen and oxygen atoms in total. The SMILES string of the molecule is Nc1nc(C(F)F)cc([N+](=O)[O-])c1S(N)(=O)=O. The molecule has 0 saturated heterocycles. The minimum absolute atomic E-state index is 0.320. The van der Waals surface area contributed by atoms with Crippen molar-refractivity contribution >= 4 is 21.5 Å². The average molecular weight is 268 g/mol. The number of nitrogen functional groups attached to an aromatic ring is 1. The topological polar surface area (TPSA) is 142 Å². The number of hydrogen-bond acceptors (Lipinski definition) is 6. The zero-order valence-corrected chi connectivity index (χ0v) is 8.82. The van der Waals surface area contributed by atoms with E-state index in [9.17, 15) is 27.3 Å². The molecule has 0 unspecified atom stereocenters. The second-order valence-corrected chi connectivity index (χ2v) is 4.38. The first-order valence-corrected chi connectivity index (χ1v) is 5.45. The molecule has 1 heterocycles. The lowest BCUT2D eigenvalue weighted by Gasteiger charge is -2.06. The Morgan fingerprint density at radius 1 is 1.47 bits per heavy atom. The Morgan fingerprint density at radius 3 is 2.35 bits per heavy atom. The molecule has 0 bridgehead atoms. The summed E-state index contributed by atoms with van der Waals surface area (Å²) in [7, 11) is -4.53. The number of pyridine rings is 1. The summed E-state index contributed by atoms with van der Waals surface area (Å²) >= 11 is 0. The number of nitro groups is 1. The fourth-order valence-corrected chi connectivity index (χ4v) is 1.86. The Morgan fingerprint density at radius 2 is 2.00 bits per heavy atom. The van der Waals surface area contributed by atoms with Crippen LogP contribution in [0.15, 0.2) is 11.0 Å². The Labute approximate surface area is 93.4 Å². The summed E-state index contributed by atoms with van der Waals surface area (Å²) in [4.78, 5) is 11.3. The molecule has 0 fully saturated rings. The number of primary sulfonamides is 1. The maximum Gasteiger partial charge on any atom is 0.295 e. The van der Waals surface area contributed by atoms with E-state index in [2.05, 4.69) is 10.1 Å². The van der Waals surface area contributed by atoms with Crippen molar-refractivity contribution in [3.8, 4) is 0 Å². The van der Waals surface area contributed by atoms with E-state index in [4.69, 9.17) is 5.73 Å². The van der Waals surface area contributed by atoms with Gasteiger partial charge in [-0.25, -0.2) is 27.3 Å². The van der Waals surface area contributed by atoms with Crippen molar-refractivity contribution in [1.82, 2.24) is 4.98 Å². The van der Waals surface area contributed by atoms with Gasteiger partial charge in [-0.3, -0.25) is 10.1 Å². The molecule has 0 aliphatic heterocycles. The number of rotatable bonds is 3. The number of halogens is 2. The zero-order valence-electron chi connectivity index (χ0n) is 8.00. The van der Waals surface area contributed by atoms with E-state index >= 15 is 0 Å². The van der Waals surface area contributed by atoms with Crippen molar-refractivity contribution in [3.05, 3.63) is 21.9 Å². The van der Waals surface area contributed by atoms with Crippen LogP contribution in [0.25, 0.3) is 0 Å². The lowest BCUT2D eigenvalue weighted by atomic mass is 10.3. The predicted molar refractivity (Wildman–Crippen MR) is 51.6 cm³/mol. The van der Waals surface area contributed by atoms with Crippen LogP contribution in [0.2, 0.25) is 0 Å². The Hall–Kier alpha value is -1.88. The largest absolute Gasteiger partial charge is 0.382 e. The van der Waals surface area contributed by atoms with Crippen molar-refractivity contribution in [1.29, 1.82) is 0 Å². The smallest absolute Gasteiger partial charge is 0.295 e. The van der Waals surface area contributed by atoms with Gasteiger partial charge in [0.15, 0.2) is 5.82 Å². The maximum absolute atomic E-state index is 12.3. The molecule has 11 heteroatoms. The minimum atomic E-state index is -4.53. The third-order valence-corrected chi connectivity index (χ3v) is 2.69. The second kappa shape index (κ2) is 4.18. The summed E-state index contributed by atoms with van der Waals surface area (Å²) < 4.78 is 46.6. The van der Waals surface area contributed by atoms with Gasteiger partial charge in [0.2, 0.25) is 14.9 Å². The van der Waals surface area contributed by atoms with Gasteiger partial charge in [0.25, 0.3) is 12.1 Å². The number of sulfonamides is 1. The van der Waals surface area contributed by atoms with Gasteiger partial charge in [0.1, 0.15) is 5.69 Å². The van der Waals surface area contributed by atoms with Crippen LogP contribution in [0.4, 0.5) is 20.3 Å². The fourth-order valence-electron chi connectivity index (χ4n) is 1.10. The van der Waals surface area contributed by atoms with Crippen molar-refractivity contribution in [2.45, 2.75) is 11.3 Å². The standard InChI is InChI=1S/C6H6F2N4O4S/c7-5(8)2-1-3(12(13)14)4(6(9)11-2)17(10,15)16/h1,5H,(H2,9,11)(H2,10,15,16). The summed E-state index contributed by atoms with van der Waals surface area (Å²) in [6.45, 7) is 0. The Balaban J connectivity index is 3.68. The summed E-state index contributed by atoms with van der Waals surface area (Å²) in [5.41, 5.74) is 2.95. The molecule has 0 spiro atoms. The number of aromatic nitrogens is 1. The van der Waals surface area contributed by atoms with E-state index in [1.165, 1.54) is 0 Å². The van der Waals surface area contributed by atoms with Crippen LogP contribution in [0, 0.1) is 10.1 Å². The van der Waals surface area contributed by atoms with Crippen molar-refractivity contribution < 1.29 is 22.1 Å². The van der Waals surface area contributed by atoms with E-state index < -0.39 is 43.5 Å². The lowest BCUT2D eigenvalue weighted by molar-refractivity contribution is -0.387. The summed E-state index contributed by atoms with van der Waals surface area (Å²) in [6, 6.07) is 0.320. The van der Waals surface area contributed by atoms with Crippen LogP contribution in [0.1, 0.15) is 12.1 Å². The van der Waals surface area contributed by atoms with Crippen molar-refractivity contribution in [2.24, 2.45) is 5.14 Å². The molecule has 0 radical (unpaired) electrons.